The van der Waals surface area contributed by atoms with Crippen LogP contribution in [0.5, 0.6) is 0 Å². The first kappa shape index (κ1) is 11.2. The minimum atomic E-state index is 0.0337. The lowest BCUT2D eigenvalue weighted by molar-refractivity contribution is -0.122. The number of aryl methyl sites for hydroxylation is 1. The molecule has 0 saturated heterocycles. The predicted octanol–water partition coefficient (Wildman–Crippen LogP) is 1.76. The van der Waals surface area contributed by atoms with Crippen LogP contribution in [0.1, 0.15) is 10.6 Å². The number of hydrogen-bond acceptors (Lipinski definition) is 5. The molecule has 0 N–H and O–H groups in total. The second-order valence-corrected chi connectivity index (χ2v) is 4.78. The Labute approximate surface area is 97.3 Å². The molecule has 0 atom stereocenters. The standard InChI is InChI=1S/C11H12N2O2S/c1-7-3-9-10(4-8(14)5-15-2)12-6-13-11(9)16-7/h3,6H,4-5H2,1-2H3. The average molecular weight is 236 g/mol. The van der Waals surface area contributed by atoms with E-state index in [4.69, 9.17) is 4.74 Å². The third kappa shape index (κ3) is 2.25. The lowest BCUT2D eigenvalue weighted by Crippen LogP contribution is -2.11. The van der Waals surface area contributed by atoms with Gasteiger partial charge in [0.2, 0.25) is 0 Å². The number of thiophene rings is 1. The third-order valence-electron chi connectivity index (χ3n) is 2.21. The van der Waals surface area contributed by atoms with Crippen LogP contribution in [0, 0.1) is 6.92 Å². The Hall–Kier alpha value is -1.33. The number of methoxy groups -OCH3 is 1. The second-order valence-electron chi connectivity index (χ2n) is 3.54. The summed E-state index contributed by atoms with van der Waals surface area (Å²) in [6, 6.07) is 2.02. The van der Waals surface area contributed by atoms with Crippen LogP contribution in [0.2, 0.25) is 0 Å². The number of hydrogen-bond donors (Lipinski definition) is 0. The Morgan fingerprint density at radius 3 is 3.06 bits per heavy atom. The van der Waals surface area contributed by atoms with Crippen molar-refractivity contribution in [1.82, 2.24) is 9.97 Å². The zero-order valence-corrected chi connectivity index (χ0v) is 10.0. The quantitative estimate of drug-likeness (QED) is 0.811. The van der Waals surface area contributed by atoms with Crippen LogP contribution in [0.15, 0.2) is 12.4 Å². The van der Waals surface area contributed by atoms with E-state index in [0.717, 1.165) is 15.9 Å². The molecular weight excluding hydrogens is 224 g/mol. The maximum atomic E-state index is 11.5. The van der Waals surface area contributed by atoms with Crippen molar-refractivity contribution in [3.05, 3.63) is 23.0 Å². The Morgan fingerprint density at radius 2 is 2.31 bits per heavy atom. The molecule has 2 aromatic rings. The van der Waals surface area contributed by atoms with Gasteiger partial charge in [0.1, 0.15) is 17.8 Å². The maximum Gasteiger partial charge on any atom is 0.164 e. The van der Waals surface area contributed by atoms with E-state index in [2.05, 4.69) is 9.97 Å². The van der Waals surface area contributed by atoms with Crippen molar-refractivity contribution in [2.24, 2.45) is 0 Å². The molecule has 2 rings (SSSR count). The summed E-state index contributed by atoms with van der Waals surface area (Å²) in [5.74, 6) is 0.0337. The van der Waals surface area contributed by atoms with Crippen molar-refractivity contribution in [3.63, 3.8) is 0 Å². The van der Waals surface area contributed by atoms with E-state index < -0.39 is 0 Å². The van der Waals surface area contributed by atoms with Gasteiger partial charge in [-0.15, -0.1) is 11.3 Å². The molecule has 0 aliphatic carbocycles. The highest BCUT2D eigenvalue weighted by molar-refractivity contribution is 7.18. The number of Topliss-reactive ketones (excluding diaryl/α,β-unsaturated/α-hetero) is 1. The Balaban J connectivity index is 2.33. The molecule has 5 heteroatoms. The summed E-state index contributed by atoms with van der Waals surface area (Å²) in [4.78, 5) is 21.9. The number of aromatic nitrogens is 2. The zero-order valence-electron chi connectivity index (χ0n) is 9.19. The SMILES string of the molecule is COCC(=O)Cc1ncnc2sc(C)cc12. The molecule has 0 unspecified atom stereocenters. The minimum absolute atomic E-state index is 0.0337. The Morgan fingerprint density at radius 1 is 1.50 bits per heavy atom. The summed E-state index contributed by atoms with van der Waals surface area (Å²) in [5.41, 5.74) is 0.788. The van der Waals surface area contributed by atoms with Crippen LogP contribution in [0.25, 0.3) is 10.2 Å². The maximum absolute atomic E-state index is 11.5. The molecule has 0 aliphatic rings. The fraction of sp³-hybridized carbons (Fsp3) is 0.364. The van der Waals surface area contributed by atoms with Crippen molar-refractivity contribution < 1.29 is 9.53 Å². The largest absolute Gasteiger partial charge is 0.377 e. The number of ether oxygens (including phenoxy) is 1. The van der Waals surface area contributed by atoms with Crippen LogP contribution < -0.4 is 0 Å². The first-order chi connectivity index (χ1) is 7.70. The summed E-state index contributed by atoms with van der Waals surface area (Å²) in [5, 5.41) is 0.981. The molecule has 2 aromatic heterocycles. The topological polar surface area (TPSA) is 52.1 Å². The number of ketones is 1. The number of rotatable bonds is 4. The molecule has 16 heavy (non-hydrogen) atoms. The van der Waals surface area contributed by atoms with Gasteiger partial charge in [-0.1, -0.05) is 0 Å². The van der Waals surface area contributed by atoms with Gasteiger partial charge in [0, 0.05) is 17.4 Å². The van der Waals surface area contributed by atoms with Crippen molar-refractivity contribution in [3.8, 4) is 0 Å². The van der Waals surface area contributed by atoms with Gasteiger partial charge in [0.25, 0.3) is 0 Å². The molecule has 0 radical (unpaired) electrons. The van der Waals surface area contributed by atoms with E-state index in [1.807, 2.05) is 13.0 Å². The van der Waals surface area contributed by atoms with Crippen molar-refractivity contribution in [2.45, 2.75) is 13.3 Å². The molecule has 0 saturated carbocycles. The lowest BCUT2D eigenvalue weighted by Gasteiger charge is -2.00. The number of carbonyl (C=O) groups excluding carboxylic acids is 1. The average Bonchev–Trinajstić information content (AvgIpc) is 2.60. The normalized spacial score (nSPS) is 10.9. The molecule has 84 valence electrons. The van der Waals surface area contributed by atoms with Gasteiger partial charge in [-0.3, -0.25) is 4.79 Å². The van der Waals surface area contributed by atoms with Gasteiger partial charge in [-0.25, -0.2) is 9.97 Å². The molecule has 0 aromatic carbocycles. The summed E-state index contributed by atoms with van der Waals surface area (Å²) in [6.45, 7) is 2.15. The Bertz CT molecular complexity index is 522. The predicted molar refractivity (Wildman–Crippen MR) is 62.7 cm³/mol. The van der Waals surface area contributed by atoms with Crippen LogP contribution in [0.4, 0.5) is 0 Å². The smallest absolute Gasteiger partial charge is 0.164 e. The number of nitrogens with zero attached hydrogens (tertiary/aromatic N) is 2. The summed E-state index contributed by atoms with van der Waals surface area (Å²) >= 11 is 1.61. The molecule has 4 nitrogen and oxygen atoms in total. The molecular formula is C11H12N2O2S. The highest BCUT2D eigenvalue weighted by atomic mass is 32.1. The van der Waals surface area contributed by atoms with Gasteiger partial charge >= 0.3 is 0 Å². The highest BCUT2D eigenvalue weighted by Gasteiger charge is 2.10. The van der Waals surface area contributed by atoms with Crippen LogP contribution >= 0.6 is 11.3 Å². The van der Waals surface area contributed by atoms with E-state index >= 15 is 0 Å². The van der Waals surface area contributed by atoms with E-state index in [1.165, 1.54) is 18.3 Å². The molecule has 2 heterocycles. The summed E-state index contributed by atoms with van der Waals surface area (Å²) in [7, 11) is 1.52. The van der Waals surface area contributed by atoms with Gasteiger partial charge in [0.05, 0.1) is 12.1 Å². The summed E-state index contributed by atoms with van der Waals surface area (Å²) in [6.07, 6.45) is 1.82. The second kappa shape index (κ2) is 4.67. The van der Waals surface area contributed by atoms with Crippen LogP contribution in [-0.2, 0) is 16.0 Å². The first-order valence-corrected chi connectivity index (χ1v) is 5.73. The van der Waals surface area contributed by atoms with Crippen LogP contribution in [0.3, 0.4) is 0 Å². The zero-order chi connectivity index (χ0) is 11.5. The minimum Gasteiger partial charge on any atom is -0.377 e. The Kier molecular flexibility index (Phi) is 3.26. The van der Waals surface area contributed by atoms with E-state index in [9.17, 15) is 4.79 Å². The lowest BCUT2D eigenvalue weighted by atomic mass is 10.1. The van der Waals surface area contributed by atoms with Crippen molar-refractivity contribution in [2.75, 3.05) is 13.7 Å². The van der Waals surface area contributed by atoms with E-state index in [-0.39, 0.29) is 12.4 Å². The fourth-order valence-electron chi connectivity index (χ4n) is 1.56. The number of carbonyl (C=O) groups is 1. The van der Waals surface area contributed by atoms with Crippen LogP contribution in [-0.4, -0.2) is 29.5 Å². The first-order valence-electron chi connectivity index (χ1n) is 4.91. The fourth-order valence-corrected chi connectivity index (χ4v) is 2.43. The highest BCUT2D eigenvalue weighted by Crippen LogP contribution is 2.24. The van der Waals surface area contributed by atoms with Gasteiger partial charge in [-0.05, 0) is 13.0 Å². The third-order valence-corrected chi connectivity index (χ3v) is 3.16. The van der Waals surface area contributed by atoms with Gasteiger partial charge in [-0.2, -0.15) is 0 Å². The monoisotopic (exact) mass is 236 g/mol. The molecule has 0 bridgehead atoms. The summed E-state index contributed by atoms with van der Waals surface area (Å²) < 4.78 is 4.80. The molecule has 0 aliphatic heterocycles. The molecule has 0 spiro atoms. The number of fused-ring (bicyclic) bond motifs is 1. The molecule has 0 fully saturated rings. The van der Waals surface area contributed by atoms with E-state index in [0.29, 0.717) is 6.42 Å². The van der Waals surface area contributed by atoms with Gasteiger partial charge < -0.3 is 4.74 Å². The molecule has 0 amide bonds. The van der Waals surface area contributed by atoms with Gasteiger partial charge in [0.15, 0.2) is 5.78 Å². The van der Waals surface area contributed by atoms with Crippen molar-refractivity contribution in [1.29, 1.82) is 0 Å². The van der Waals surface area contributed by atoms with E-state index in [1.54, 1.807) is 11.3 Å². The van der Waals surface area contributed by atoms with Crippen molar-refractivity contribution >= 4 is 27.3 Å².